The van der Waals surface area contributed by atoms with Gasteiger partial charge in [0.1, 0.15) is 0 Å². The average molecular weight is 213 g/mol. The minimum absolute atomic E-state index is 0.554. The fourth-order valence-corrected chi connectivity index (χ4v) is 2.98. The van der Waals surface area contributed by atoms with Gasteiger partial charge in [0.05, 0.1) is 0 Å². The zero-order valence-electron chi connectivity index (χ0n) is 9.71. The standard InChI is InChI=1S/C15H19N/c1-2-6-12(7-3-1)15-10-13-8-4-5-9-14(13)11-16-15/h1-3,6-7,15-16H,4-5,8-11H2. The Labute approximate surface area is 97.6 Å². The van der Waals surface area contributed by atoms with Crippen molar-refractivity contribution in [2.24, 2.45) is 0 Å². The summed E-state index contributed by atoms with van der Waals surface area (Å²) < 4.78 is 0. The summed E-state index contributed by atoms with van der Waals surface area (Å²) in [6.07, 6.45) is 6.72. The fourth-order valence-electron chi connectivity index (χ4n) is 2.98. The highest BCUT2D eigenvalue weighted by Gasteiger charge is 2.22. The molecule has 0 amide bonds. The lowest BCUT2D eigenvalue weighted by Crippen LogP contribution is -2.30. The zero-order chi connectivity index (χ0) is 10.8. The van der Waals surface area contributed by atoms with E-state index in [4.69, 9.17) is 0 Å². The summed E-state index contributed by atoms with van der Waals surface area (Å²) in [7, 11) is 0. The van der Waals surface area contributed by atoms with Crippen LogP contribution in [0.5, 0.6) is 0 Å². The van der Waals surface area contributed by atoms with Crippen LogP contribution in [-0.2, 0) is 0 Å². The van der Waals surface area contributed by atoms with Gasteiger partial charge in [-0.15, -0.1) is 0 Å². The van der Waals surface area contributed by atoms with Gasteiger partial charge in [-0.25, -0.2) is 0 Å². The molecule has 1 heterocycles. The quantitative estimate of drug-likeness (QED) is 0.703. The van der Waals surface area contributed by atoms with Gasteiger partial charge in [0, 0.05) is 12.6 Å². The summed E-state index contributed by atoms with van der Waals surface area (Å²) in [5, 5.41) is 3.68. The molecule has 2 aliphatic rings. The second-order valence-electron chi connectivity index (χ2n) is 4.96. The van der Waals surface area contributed by atoms with Gasteiger partial charge in [-0.2, -0.15) is 0 Å². The highest BCUT2D eigenvalue weighted by atomic mass is 14.9. The molecular formula is C15H19N. The minimum atomic E-state index is 0.554. The molecule has 3 rings (SSSR count). The lowest BCUT2D eigenvalue weighted by Gasteiger charge is -2.31. The van der Waals surface area contributed by atoms with Crippen LogP contribution < -0.4 is 5.32 Å². The van der Waals surface area contributed by atoms with Crippen LogP contribution in [0.3, 0.4) is 0 Å². The van der Waals surface area contributed by atoms with Crippen LogP contribution in [0, 0.1) is 0 Å². The monoisotopic (exact) mass is 213 g/mol. The van der Waals surface area contributed by atoms with Gasteiger partial charge >= 0.3 is 0 Å². The molecular weight excluding hydrogens is 194 g/mol. The van der Waals surface area contributed by atoms with E-state index in [0.29, 0.717) is 6.04 Å². The molecule has 1 atom stereocenters. The molecule has 1 N–H and O–H groups in total. The lowest BCUT2D eigenvalue weighted by atomic mass is 9.83. The van der Waals surface area contributed by atoms with Gasteiger partial charge in [-0.1, -0.05) is 41.5 Å². The molecule has 0 saturated heterocycles. The Morgan fingerprint density at radius 3 is 2.50 bits per heavy atom. The Morgan fingerprint density at radius 2 is 1.69 bits per heavy atom. The van der Waals surface area contributed by atoms with Crippen LogP contribution in [0.25, 0.3) is 0 Å². The summed E-state index contributed by atoms with van der Waals surface area (Å²) >= 11 is 0. The molecule has 0 spiro atoms. The number of nitrogens with one attached hydrogen (secondary N) is 1. The van der Waals surface area contributed by atoms with Crippen LogP contribution in [0.1, 0.15) is 43.7 Å². The van der Waals surface area contributed by atoms with Crippen LogP contribution in [0.15, 0.2) is 41.5 Å². The summed E-state index contributed by atoms with van der Waals surface area (Å²) in [4.78, 5) is 0. The number of hydrogen-bond donors (Lipinski definition) is 1. The maximum atomic E-state index is 3.68. The van der Waals surface area contributed by atoms with Crippen molar-refractivity contribution in [3.63, 3.8) is 0 Å². The van der Waals surface area contributed by atoms with Gasteiger partial charge in [0.25, 0.3) is 0 Å². The van der Waals surface area contributed by atoms with Gasteiger partial charge in [0.15, 0.2) is 0 Å². The molecule has 0 aromatic heterocycles. The van der Waals surface area contributed by atoms with Crippen LogP contribution >= 0.6 is 0 Å². The van der Waals surface area contributed by atoms with E-state index in [0.717, 1.165) is 6.54 Å². The number of rotatable bonds is 1. The highest BCUT2D eigenvalue weighted by molar-refractivity contribution is 5.28. The maximum Gasteiger partial charge on any atom is 0.0360 e. The molecule has 1 aliphatic carbocycles. The summed E-state index contributed by atoms with van der Waals surface area (Å²) in [6, 6.07) is 11.4. The van der Waals surface area contributed by atoms with Crippen LogP contribution in [0.4, 0.5) is 0 Å². The first kappa shape index (κ1) is 10.1. The third-order valence-corrected chi connectivity index (χ3v) is 3.92. The van der Waals surface area contributed by atoms with Crippen molar-refractivity contribution < 1.29 is 0 Å². The SMILES string of the molecule is c1ccc(C2CC3=C(CCCC3)CN2)cc1. The third-order valence-electron chi connectivity index (χ3n) is 3.92. The van der Waals surface area contributed by atoms with Crippen molar-refractivity contribution in [2.45, 2.75) is 38.1 Å². The zero-order valence-corrected chi connectivity index (χ0v) is 9.71. The van der Waals surface area contributed by atoms with E-state index < -0.39 is 0 Å². The molecule has 0 bridgehead atoms. The molecule has 16 heavy (non-hydrogen) atoms. The second-order valence-corrected chi connectivity index (χ2v) is 4.96. The Balaban J connectivity index is 1.80. The van der Waals surface area contributed by atoms with Crippen LogP contribution in [-0.4, -0.2) is 6.54 Å². The van der Waals surface area contributed by atoms with E-state index in [-0.39, 0.29) is 0 Å². The Hall–Kier alpha value is -1.08. The van der Waals surface area contributed by atoms with Gasteiger partial charge in [-0.05, 0) is 37.7 Å². The first-order chi connectivity index (χ1) is 7.93. The Kier molecular flexibility index (Phi) is 2.79. The molecule has 0 radical (unpaired) electrons. The molecule has 84 valence electrons. The molecule has 1 heteroatoms. The smallest absolute Gasteiger partial charge is 0.0360 e. The molecule has 1 aromatic carbocycles. The number of hydrogen-bond acceptors (Lipinski definition) is 1. The largest absolute Gasteiger partial charge is 0.306 e. The molecule has 1 nitrogen and oxygen atoms in total. The third kappa shape index (κ3) is 1.92. The van der Waals surface area contributed by atoms with E-state index in [9.17, 15) is 0 Å². The maximum absolute atomic E-state index is 3.68. The molecule has 0 saturated carbocycles. The first-order valence-corrected chi connectivity index (χ1v) is 6.41. The number of benzene rings is 1. The van der Waals surface area contributed by atoms with E-state index in [1.807, 2.05) is 0 Å². The first-order valence-electron chi connectivity index (χ1n) is 6.41. The van der Waals surface area contributed by atoms with Gasteiger partial charge in [0.2, 0.25) is 0 Å². The summed E-state index contributed by atoms with van der Waals surface area (Å²) in [5.74, 6) is 0. The molecule has 1 aromatic rings. The van der Waals surface area contributed by atoms with E-state index in [2.05, 4.69) is 35.6 Å². The Bertz CT molecular complexity index is 391. The van der Waals surface area contributed by atoms with Crippen molar-refractivity contribution in [3.05, 3.63) is 47.0 Å². The van der Waals surface area contributed by atoms with Gasteiger partial charge in [-0.3, -0.25) is 0 Å². The lowest BCUT2D eigenvalue weighted by molar-refractivity contribution is 0.476. The summed E-state index contributed by atoms with van der Waals surface area (Å²) in [5.41, 5.74) is 4.90. The van der Waals surface area contributed by atoms with E-state index in [1.54, 1.807) is 11.1 Å². The second kappa shape index (κ2) is 4.42. The predicted molar refractivity (Wildman–Crippen MR) is 67.3 cm³/mol. The van der Waals surface area contributed by atoms with Gasteiger partial charge < -0.3 is 5.32 Å². The molecule has 1 aliphatic heterocycles. The van der Waals surface area contributed by atoms with E-state index >= 15 is 0 Å². The fraction of sp³-hybridized carbons (Fsp3) is 0.467. The van der Waals surface area contributed by atoms with Crippen molar-refractivity contribution in [1.82, 2.24) is 5.32 Å². The molecule has 0 fully saturated rings. The van der Waals surface area contributed by atoms with Crippen molar-refractivity contribution in [2.75, 3.05) is 6.54 Å². The molecule has 1 unspecified atom stereocenters. The topological polar surface area (TPSA) is 12.0 Å². The van der Waals surface area contributed by atoms with Crippen molar-refractivity contribution >= 4 is 0 Å². The summed E-state index contributed by atoms with van der Waals surface area (Å²) in [6.45, 7) is 1.12. The predicted octanol–water partition coefficient (Wildman–Crippen LogP) is 3.59. The van der Waals surface area contributed by atoms with Crippen LogP contribution in [0.2, 0.25) is 0 Å². The van der Waals surface area contributed by atoms with Crippen molar-refractivity contribution in [3.8, 4) is 0 Å². The normalized spacial score (nSPS) is 25.4. The van der Waals surface area contributed by atoms with E-state index in [1.165, 1.54) is 37.7 Å². The minimum Gasteiger partial charge on any atom is -0.306 e. The Morgan fingerprint density at radius 1 is 0.938 bits per heavy atom. The highest BCUT2D eigenvalue weighted by Crippen LogP contribution is 2.34. The van der Waals surface area contributed by atoms with Crippen molar-refractivity contribution in [1.29, 1.82) is 0 Å². The average Bonchev–Trinajstić information content (AvgIpc) is 2.39.